The highest BCUT2D eigenvalue weighted by molar-refractivity contribution is 6.31. The summed E-state index contributed by atoms with van der Waals surface area (Å²) in [6.45, 7) is 0.225. The number of Topliss-reactive ketones (excluding diaryl/α,β-unsaturated/α-hetero) is 1. The Hall–Kier alpha value is -2.86. The number of halogens is 2. The van der Waals surface area contributed by atoms with Crippen LogP contribution in [-0.2, 0) is 16.9 Å². The Morgan fingerprint density at radius 3 is 2.27 bits per heavy atom. The summed E-state index contributed by atoms with van der Waals surface area (Å²) in [7, 11) is 0. The van der Waals surface area contributed by atoms with Crippen LogP contribution in [-0.4, -0.2) is 16.8 Å². The van der Waals surface area contributed by atoms with Crippen LogP contribution in [0.2, 0.25) is 10.0 Å². The van der Waals surface area contributed by atoms with Crippen LogP contribution < -0.4 is 10.6 Å². The minimum absolute atomic E-state index is 0.225. The van der Waals surface area contributed by atoms with Gasteiger partial charge >= 0.3 is 0 Å². The molecule has 1 atom stereocenters. The number of hydrogen-bond donors (Lipinski definition) is 2. The molecule has 0 fully saturated rings. The molecule has 30 heavy (non-hydrogen) atoms. The van der Waals surface area contributed by atoms with Crippen LogP contribution in [0.4, 0.5) is 11.4 Å². The lowest BCUT2D eigenvalue weighted by molar-refractivity contribution is -0.136. The van der Waals surface area contributed by atoms with Crippen LogP contribution in [0.1, 0.15) is 27.9 Å². The van der Waals surface area contributed by atoms with Gasteiger partial charge in [0.1, 0.15) is 0 Å². The Morgan fingerprint density at radius 2 is 1.60 bits per heavy atom. The quantitative estimate of drug-likeness (QED) is 0.449. The summed E-state index contributed by atoms with van der Waals surface area (Å²) in [5, 5.41) is 12.4. The normalized spacial score (nSPS) is 17.8. The number of ketones is 1. The molecule has 0 bridgehead atoms. The molecule has 1 aliphatic heterocycles. The number of nitrogens with two attached hydrogens (primary N) is 1. The number of nitrogens with zero attached hydrogens (tertiary/aromatic N) is 1. The van der Waals surface area contributed by atoms with E-state index in [1.54, 1.807) is 48.5 Å². The van der Waals surface area contributed by atoms with E-state index in [-0.39, 0.29) is 12.3 Å². The summed E-state index contributed by atoms with van der Waals surface area (Å²) in [5.41, 5.74) is 6.23. The third kappa shape index (κ3) is 3.67. The van der Waals surface area contributed by atoms with E-state index in [1.807, 2.05) is 12.1 Å². The number of nitrogen functional groups attached to an aromatic ring is 1. The second kappa shape index (κ2) is 7.76. The molecule has 1 heterocycles. The SMILES string of the molecule is Nc1ccc(C(=O)C[C@]2(O)C(=O)N(Cc3ccc(Cl)cc3)c3ccc(Cl)cc32)cc1. The summed E-state index contributed by atoms with van der Waals surface area (Å²) in [5.74, 6) is -0.941. The fraction of sp³-hybridized carbons (Fsp3) is 0.130. The minimum Gasteiger partial charge on any atom is -0.399 e. The first-order valence-corrected chi connectivity index (χ1v) is 10.0. The minimum atomic E-state index is -2.01. The Balaban J connectivity index is 1.70. The second-order valence-electron chi connectivity index (χ2n) is 7.26. The lowest BCUT2D eigenvalue weighted by Crippen LogP contribution is -2.41. The largest absolute Gasteiger partial charge is 0.399 e. The van der Waals surface area contributed by atoms with E-state index < -0.39 is 17.9 Å². The van der Waals surface area contributed by atoms with Crippen molar-refractivity contribution in [3.05, 3.63) is 93.5 Å². The first-order valence-electron chi connectivity index (χ1n) is 9.25. The van der Waals surface area contributed by atoms with Gasteiger partial charge in [0.2, 0.25) is 0 Å². The summed E-state index contributed by atoms with van der Waals surface area (Å²) in [4.78, 5) is 27.6. The van der Waals surface area contributed by atoms with Gasteiger partial charge in [0.05, 0.1) is 18.7 Å². The maximum absolute atomic E-state index is 13.3. The first kappa shape index (κ1) is 20.4. The van der Waals surface area contributed by atoms with Crippen molar-refractivity contribution in [3.8, 4) is 0 Å². The van der Waals surface area contributed by atoms with E-state index >= 15 is 0 Å². The van der Waals surface area contributed by atoms with Crippen LogP contribution >= 0.6 is 23.2 Å². The van der Waals surface area contributed by atoms with E-state index in [0.29, 0.717) is 32.5 Å². The zero-order chi connectivity index (χ0) is 21.5. The van der Waals surface area contributed by atoms with Crippen molar-refractivity contribution in [2.75, 3.05) is 10.6 Å². The van der Waals surface area contributed by atoms with E-state index in [9.17, 15) is 14.7 Å². The maximum Gasteiger partial charge on any atom is 0.264 e. The lowest BCUT2D eigenvalue weighted by atomic mass is 9.88. The van der Waals surface area contributed by atoms with Crippen LogP contribution in [0.3, 0.4) is 0 Å². The van der Waals surface area contributed by atoms with E-state index in [2.05, 4.69) is 0 Å². The van der Waals surface area contributed by atoms with Gasteiger partial charge in [0, 0.05) is 26.9 Å². The maximum atomic E-state index is 13.3. The molecule has 3 N–H and O–H groups in total. The first-order chi connectivity index (χ1) is 14.3. The lowest BCUT2D eigenvalue weighted by Gasteiger charge is -2.23. The van der Waals surface area contributed by atoms with Crippen molar-refractivity contribution in [1.29, 1.82) is 0 Å². The third-order valence-corrected chi connectivity index (χ3v) is 5.68. The molecule has 0 unspecified atom stereocenters. The average Bonchev–Trinajstić information content (AvgIpc) is 2.91. The monoisotopic (exact) mass is 440 g/mol. The molecular formula is C23H18Cl2N2O3. The van der Waals surface area contributed by atoms with Crippen molar-refractivity contribution in [1.82, 2.24) is 0 Å². The van der Waals surface area contributed by atoms with Gasteiger partial charge in [0.25, 0.3) is 5.91 Å². The van der Waals surface area contributed by atoms with Crippen LogP contribution in [0, 0.1) is 0 Å². The van der Waals surface area contributed by atoms with Gasteiger partial charge in [-0.1, -0.05) is 35.3 Å². The Kier molecular flexibility index (Phi) is 5.28. The molecule has 5 nitrogen and oxygen atoms in total. The predicted molar refractivity (Wildman–Crippen MR) is 118 cm³/mol. The number of fused-ring (bicyclic) bond motifs is 1. The summed E-state index contributed by atoms with van der Waals surface area (Å²) in [6, 6.07) is 18.3. The number of benzene rings is 3. The summed E-state index contributed by atoms with van der Waals surface area (Å²) >= 11 is 12.1. The zero-order valence-electron chi connectivity index (χ0n) is 15.8. The standard InChI is InChI=1S/C23H18Cl2N2O3/c24-16-5-1-14(2-6-16)13-27-20-10-7-17(25)11-19(20)23(30,22(27)29)12-21(28)15-3-8-18(26)9-4-15/h1-11,30H,12-13,26H2/t23-/m1/s1. The van der Waals surface area contributed by atoms with Gasteiger partial charge in [-0.15, -0.1) is 0 Å². The molecule has 0 aliphatic carbocycles. The number of aliphatic hydroxyl groups is 1. The molecule has 152 valence electrons. The molecule has 3 aromatic rings. The van der Waals surface area contributed by atoms with Crippen LogP contribution in [0.5, 0.6) is 0 Å². The van der Waals surface area contributed by atoms with Gasteiger partial charge in [-0.05, 0) is 60.2 Å². The van der Waals surface area contributed by atoms with E-state index in [1.165, 1.54) is 11.0 Å². The highest BCUT2D eigenvalue weighted by Gasteiger charge is 2.51. The molecule has 7 heteroatoms. The number of rotatable bonds is 5. The molecule has 4 rings (SSSR count). The van der Waals surface area contributed by atoms with Gasteiger partial charge in [-0.2, -0.15) is 0 Å². The second-order valence-corrected chi connectivity index (χ2v) is 8.13. The molecular weight excluding hydrogens is 423 g/mol. The van der Waals surface area contributed by atoms with Gasteiger partial charge in [-0.25, -0.2) is 0 Å². The highest BCUT2D eigenvalue weighted by Crippen LogP contribution is 2.44. The number of anilines is 2. The average molecular weight is 441 g/mol. The number of amides is 1. The fourth-order valence-electron chi connectivity index (χ4n) is 3.63. The molecule has 0 saturated heterocycles. The Bertz CT molecular complexity index is 1130. The van der Waals surface area contributed by atoms with Gasteiger partial charge < -0.3 is 15.7 Å². The molecule has 0 aromatic heterocycles. The van der Waals surface area contributed by atoms with Gasteiger partial charge in [0.15, 0.2) is 11.4 Å². The van der Waals surface area contributed by atoms with Crippen molar-refractivity contribution in [3.63, 3.8) is 0 Å². The van der Waals surface area contributed by atoms with E-state index in [0.717, 1.165) is 5.56 Å². The summed E-state index contributed by atoms with van der Waals surface area (Å²) in [6.07, 6.45) is -0.403. The smallest absolute Gasteiger partial charge is 0.264 e. The van der Waals surface area contributed by atoms with Crippen LogP contribution in [0.15, 0.2) is 66.7 Å². The Labute approximate surface area is 183 Å². The Morgan fingerprint density at radius 1 is 0.967 bits per heavy atom. The summed E-state index contributed by atoms with van der Waals surface area (Å²) < 4.78 is 0. The van der Waals surface area contributed by atoms with Crippen molar-refractivity contribution in [2.24, 2.45) is 0 Å². The molecule has 0 saturated carbocycles. The van der Waals surface area contributed by atoms with Crippen molar-refractivity contribution < 1.29 is 14.7 Å². The molecule has 0 spiro atoms. The topological polar surface area (TPSA) is 83.6 Å². The van der Waals surface area contributed by atoms with Crippen molar-refractivity contribution >= 4 is 46.3 Å². The fourth-order valence-corrected chi connectivity index (χ4v) is 3.92. The van der Waals surface area contributed by atoms with E-state index in [4.69, 9.17) is 28.9 Å². The molecule has 3 aromatic carbocycles. The van der Waals surface area contributed by atoms with Crippen molar-refractivity contribution in [2.45, 2.75) is 18.6 Å². The number of carbonyl (C=O) groups excluding carboxylic acids is 2. The zero-order valence-corrected chi connectivity index (χ0v) is 17.3. The highest BCUT2D eigenvalue weighted by atomic mass is 35.5. The molecule has 1 amide bonds. The van der Waals surface area contributed by atoms with Crippen LogP contribution in [0.25, 0.3) is 0 Å². The predicted octanol–water partition coefficient (Wildman–Crippen LogP) is 4.58. The third-order valence-electron chi connectivity index (χ3n) is 5.20. The molecule has 1 aliphatic rings. The number of carbonyl (C=O) groups is 2. The number of hydrogen-bond acceptors (Lipinski definition) is 4. The van der Waals surface area contributed by atoms with Gasteiger partial charge in [-0.3, -0.25) is 9.59 Å². The molecule has 0 radical (unpaired) electrons.